The summed E-state index contributed by atoms with van der Waals surface area (Å²) in [5.41, 5.74) is 1.10. The summed E-state index contributed by atoms with van der Waals surface area (Å²) >= 11 is 0. The summed E-state index contributed by atoms with van der Waals surface area (Å²) in [6, 6.07) is 6.84. The molecule has 1 aromatic carbocycles. The zero-order chi connectivity index (χ0) is 14.0. The van der Waals surface area contributed by atoms with E-state index in [1.165, 1.54) is 0 Å². The Kier molecular flexibility index (Phi) is 5.91. The zero-order valence-corrected chi connectivity index (χ0v) is 11.6. The molecule has 1 saturated heterocycles. The second-order valence-corrected chi connectivity index (χ2v) is 4.43. The first-order valence-corrected chi connectivity index (χ1v) is 5.93. The van der Waals surface area contributed by atoms with Gasteiger partial charge in [-0.2, -0.15) is 0 Å². The molecule has 1 heterocycles. The van der Waals surface area contributed by atoms with Gasteiger partial charge in [0.15, 0.2) is 0 Å². The summed E-state index contributed by atoms with van der Waals surface area (Å²) in [4.78, 5) is 11.9. The lowest BCUT2D eigenvalue weighted by atomic mass is 10.1. The number of aliphatic hydroxyl groups excluding tert-OH is 3. The molecule has 0 aliphatic carbocycles. The van der Waals surface area contributed by atoms with Gasteiger partial charge < -0.3 is 24.8 Å². The number of carbonyl (C=O) groups excluding carboxylic acids is 1. The van der Waals surface area contributed by atoms with Gasteiger partial charge in [0.2, 0.25) is 6.29 Å². The topological polar surface area (TPSA) is 96.2 Å². The van der Waals surface area contributed by atoms with Crippen LogP contribution in [0.15, 0.2) is 24.3 Å². The Bertz CT molecular complexity index is 466. The average molecular weight is 305 g/mol. The van der Waals surface area contributed by atoms with Crippen molar-refractivity contribution < 1.29 is 29.6 Å². The van der Waals surface area contributed by atoms with E-state index in [4.69, 9.17) is 14.6 Å². The standard InChI is InChI=1S/C13H16O6.ClH/c1-7-4-2-3-5-8(7)12(17)19-13-11(16)10(15)9(6-14)18-13;/h2-5,9-11,13-16H,6H2,1H3;1H/t9-,10-,11-,13+;/m1./s1. The van der Waals surface area contributed by atoms with Crippen LogP contribution in [0.5, 0.6) is 0 Å². The van der Waals surface area contributed by atoms with E-state index in [2.05, 4.69) is 0 Å². The van der Waals surface area contributed by atoms with Gasteiger partial charge in [-0.15, -0.1) is 12.4 Å². The maximum Gasteiger partial charge on any atom is 0.340 e. The molecule has 0 spiro atoms. The summed E-state index contributed by atoms with van der Waals surface area (Å²) in [5.74, 6) is -0.645. The Labute approximate surface area is 122 Å². The fourth-order valence-corrected chi connectivity index (χ4v) is 1.93. The maximum absolute atomic E-state index is 11.9. The minimum absolute atomic E-state index is 0. The Morgan fingerprint density at radius 3 is 2.50 bits per heavy atom. The Hall–Kier alpha value is -1.18. The van der Waals surface area contributed by atoms with Gasteiger partial charge in [-0.3, -0.25) is 0 Å². The molecule has 1 aliphatic rings. The van der Waals surface area contributed by atoms with Gasteiger partial charge in [0, 0.05) is 0 Å². The van der Waals surface area contributed by atoms with E-state index in [-0.39, 0.29) is 12.4 Å². The van der Waals surface area contributed by atoms with E-state index in [0.717, 1.165) is 5.56 Å². The van der Waals surface area contributed by atoms with Crippen LogP contribution in [0.2, 0.25) is 0 Å². The molecule has 0 amide bonds. The number of ether oxygens (including phenoxy) is 2. The van der Waals surface area contributed by atoms with Crippen LogP contribution in [0.1, 0.15) is 15.9 Å². The quantitative estimate of drug-likeness (QED) is 0.681. The van der Waals surface area contributed by atoms with Gasteiger partial charge in [-0.05, 0) is 18.6 Å². The molecule has 1 aliphatic heterocycles. The smallest absolute Gasteiger partial charge is 0.340 e. The van der Waals surface area contributed by atoms with Gasteiger partial charge >= 0.3 is 5.97 Å². The van der Waals surface area contributed by atoms with Crippen molar-refractivity contribution >= 4 is 18.4 Å². The number of benzene rings is 1. The Morgan fingerprint density at radius 1 is 1.30 bits per heavy atom. The van der Waals surface area contributed by atoms with Crippen LogP contribution in [0.25, 0.3) is 0 Å². The fourth-order valence-electron chi connectivity index (χ4n) is 1.93. The number of carbonyl (C=O) groups is 1. The highest BCUT2D eigenvalue weighted by atomic mass is 35.5. The number of halogens is 1. The van der Waals surface area contributed by atoms with E-state index in [1.807, 2.05) is 0 Å². The number of hydrogen-bond donors (Lipinski definition) is 3. The number of aliphatic hydroxyl groups is 3. The van der Waals surface area contributed by atoms with Gasteiger partial charge in [0.25, 0.3) is 0 Å². The van der Waals surface area contributed by atoms with Crippen molar-refractivity contribution in [3.05, 3.63) is 35.4 Å². The van der Waals surface area contributed by atoms with Gasteiger partial charge in [-0.1, -0.05) is 18.2 Å². The highest BCUT2D eigenvalue weighted by Gasteiger charge is 2.44. The third kappa shape index (κ3) is 3.28. The van der Waals surface area contributed by atoms with Crippen LogP contribution in [0.4, 0.5) is 0 Å². The van der Waals surface area contributed by atoms with E-state index in [0.29, 0.717) is 5.56 Å². The number of esters is 1. The minimum Gasteiger partial charge on any atom is -0.429 e. The summed E-state index contributed by atoms with van der Waals surface area (Å²) in [6.45, 7) is 1.30. The van der Waals surface area contributed by atoms with Crippen molar-refractivity contribution in [2.24, 2.45) is 0 Å². The van der Waals surface area contributed by atoms with Crippen molar-refractivity contribution in [3.8, 4) is 0 Å². The molecular weight excluding hydrogens is 288 g/mol. The predicted octanol–water partition coefficient (Wildman–Crippen LogP) is 0.0126. The Morgan fingerprint density at radius 2 is 1.95 bits per heavy atom. The number of rotatable bonds is 3. The lowest BCUT2D eigenvalue weighted by molar-refractivity contribution is -0.139. The summed E-state index contributed by atoms with van der Waals surface area (Å²) in [7, 11) is 0. The maximum atomic E-state index is 11.9. The van der Waals surface area contributed by atoms with Crippen LogP contribution in [0, 0.1) is 6.92 Å². The third-order valence-electron chi connectivity index (χ3n) is 3.09. The number of aryl methyl sites for hydroxylation is 1. The predicted molar refractivity (Wildman–Crippen MR) is 71.6 cm³/mol. The molecule has 4 atom stereocenters. The largest absolute Gasteiger partial charge is 0.429 e. The van der Waals surface area contributed by atoms with Crippen molar-refractivity contribution in [1.82, 2.24) is 0 Å². The van der Waals surface area contributed by atoms with Gasteiger partial charge in [0.05, 0.1) is 12.2 Å². The van der Waals surface area contributed by atoms with Crippen LogP contribution in [-0.2, 0) is 9.47 Å². The average Bonchev–Trinajstić information content (AvgIpc) is 2.67. The van der Waals surface area contributed by atoms with Crippen LogP contribution in [-0.4, -0.2) is 52.5 Å². The third-order valence-corrected chi connectivity index (χ3v) is 3.09. The molecule has 2 rings (SSSR count). The molecule has 0 unspecified atom stereocenters. The van der Waals surface area contributed by atoms with E-state index < -0.39 is 37.2 Å². The first kappa shape index (κ1) is 16.9. The molecule has 7 heteroatoms. The molecule has 0 bridgehead atoms. The van der Waals surface area contributed by atoms with Crippen LogP contribution >= 0.6 is 12.4 Å². The van der Waals surface area contributed by atoms with Crippen molar-refractivity contribution in [2.45, 2.75) is 31.5 Å². The minimum atomic E-state index is -1.37. The van der Waals surface area contributed by atoms with E-state index in [1.54, 1.807) is 31.2 Å². The highest BCUT2D eigenvalue weighted by Crippen LogP contribution is 2.23. The lowest BCUT2D eigenvalue weighted by Gasteiger charge is -2.16. The monoisotopic (exact) mass is 304 g/mol. The second-order valence-electron chi connectivity index (χ2n) is 4.43. The molecule has 112 valence electrons. The molecule has 6 nitrogen and oxygen atoms in total. The first-order chi connectivity index (χ1) is 9.04. The van der Waals surface area contributed by atoms with E-state index >= 15 is 0 Å². The van der Waals surface area contributed by atoms with Crippen molar-refractivity contribution in [2.75, 3.05) is 6.61 Å². The SMILES string of the molecule is Cc1ccccc1C(=O)O[C@@H]1O[C@H](CO)[C@@H](O)[C@H]1O.Cl. The van der Waals surface area contributed by atoms with Crippen molar-refractivity contribution in [1.29, 1.82) is 0 Å². The molecule has 0 radical (unpaired) electrons. The molecule has 3 N–H and O–H groups in total. The van der Waals surface area contributed by atoms with Crippen LogP contribution < -0.4 is 0 Å². The summed E-state index contributed by atoms with van der Waals surface area (Å²) < 4.78 is 10.1. The molecule has 0 saturated carbocycles. The normalized spacial score (nSPS) is 28.8. The Balaban J connectivity index is 0.00000200. The molecular formula is C13H17ClO6. The zero-order valence-electron chi connectivity index (χ0n) is 10.8. The lowest BCUT2D eigenvalue weighted by Crippen LogP contribution is -2.35. The number of hydrogen-bond acceptors (Lipinski definition) is 6. The van der Waals surface area contributed by atoms with E-state index in [9.17, 15) is 15.0 Å². The molecule has 20 heavy (non-hydrogen) atoms. The fraction of sp³-hybridized carbons (Fsp3) is 0.462. The molecule has 0 aromatic heterocycles. The van der Waals surface area contributed by atoms with Gasteiger partial charge in [0.1, 0.15) is 18.3 Å². The summed E-state index contributed by atoms with van der Waals surface area (Å²) in [6.07, 6.45) is -4.88. The van der Waals surface area contributed by atoms with Crippen LogP contribution in [0.3, 0.4) is 0 Å². The first-order valence-electron chi connectivity index (χ1n) is 5.93. The van der Waals surface area contributed by atoms with Crippen molar-refractivity contribution in [3.63, 3.8) is 0 Å². The summed E-state index contributed by atoms with van der Waals surface area (Å²) in [5, 5.41) is 28.1. The molecule has 1 fully saturated rings. The molecule has 1 aromatic rings. The van der Waals surface area contributed by atoms with Gasteiger partial charge in [-0.25, -0.2) is 4.79 Å². The highest BCUT2D eigenvalue weighted by molar-refractivity contribution is 5.91. The second kappa shape index (κ2) is 7.01.